The average molecular weight is 658 g/mol. The molecule has 5 heterocycles. The molecule has 0 spiro atoms. The Hall–Kier alpha value is -5.14. The number of hydrogen-bond acceptors (Lipinski definition) is 8. The molecule has 0 radical (unpaired) electrons. The van der Waals surface area contributed by atoms with Crippen LogP contribution in [0.5, 0.6) is 11.5 Å². The van der Waals surface area contributed by atoms with Crippen molar-refractivity contribution in [1.29, 1.82) is 0 Å². The Morgan fingerprint density at radius 2 is 1.98 bits per heavy atom. The summed E-state index contributed by atoms with van der Waals surface area (Å²) in [4.78, 5) is 31.9. The smallest absolute Gasteiger partial charge is 0.252 e. The number of aliphatic hydroxyl groups excluding tert-OH is 1. The number of rotatable bonds is 8. The van der Waals surface area contributed by atoms with Crippen molar-refractivity contribution in [3.63, 3.8) is 0 Å². The normalized spacial score (nSPS) is 15.4. The topological polar surface area (TPSA) is 119 Å². The number of nitrogens with zero attached hydrogens (tertiary/aromatic N) is 4. The molecule has 0 saturated carbocycles. The zero-order valence-corrected chi connectivity index (χ0v) is 26.3. The zero-order chi connectivity index (χ0) is 33.0. The SMILES string of the molecule is C=CC(=O)N1CCn2nc(-c3nc(-c4cc5c(cc4OC)C(=O)NC5)c4ccsc4c3-c3c(F)cc(F)cc3OCCO)cc2C1C. The van der Waals surface area contributed by atoms with Crippen molar-refractivity contribution in [2.45, 2.75) is 26.1 Å². The average Bonchev–Trinajstić information content (AvgIpc) is 3.81. The van der Waals surface area contributed by atoms with Crippen molar-refractivity contribution < 1.29 is 33.0 Å². The Bertz CT molecular complexity index is 2110. The fraction of sp³-hybridized carbons (Fsp3) is 0.235. The number of aromatic nitrogens is 3. The maximum absolute atomic E-state index is 16.0. The number of carbonyl (C=O) groups excluding carboxylic acids is 2. The van der Waals surface area contributed by atoms with Crippen molar-refractivity contribution in [3.8, 4) is 45.3 Å². The van der Waals surface area contributed by atoms with E-state index in [1.807, 2.05) is 30.5 Å². The lowest BCUT2D eigenvalue weighted by atomic mass is 9.95. The Kier molecular flexibility index (Phi) is 7.73. The second-order valence-electron chi connectivity index (χ2n) is 11.2. The summed E-state index contributed by atoms with van der Waals surface area (Å²) < 4.78 is 44.4. The number of benzene rings is 2. The van der Waals surface area contributed by atoms with Crippen LogP contribution < -0.4 is 14.8 Å². The molecule has 7 rings (SSSR count). The predicted molar refractivity (Wildman–Crippen MR) is 172 cm³/mol. The van der Waals surface area contributed by atoms with E-state index in [2.05, 4.69) is 11.9 Å². The highest BCUT2D eigenvalue weighted by molar-refractivity contribution is 7.18. The molecule has 240 valence electrons. The molecular weight excluding hydrogens is 628 g/mol. The zero-order valence-electron chi connectivity index (χ0n) is 25.5. The van der Waals surface area contributed by atoms with E-state index in [0.29, 0.717) is 69.2 Å². The van der Waals surface area contributed by atoms with Crippen LogP contribution in [0.4, 0.5) is 8.78 Å². The van der Waals surface area contributed by atoms with Crippen molar-refractivity contribution in [2.24, 2.45) is 0 Å². The van der Waals surface area contributed by atoms with Crippen LogP contribution in [-0.4, -0.2) is 63.5 Å². The molecule has 47 heavy (non-hydrogen) atoms. The van der Waals surface area contributed by atoms with Crippen LogP contribution in [0, 0.1) is 11.6 Å². The summed E-state index contributed by atoms with van der Waals surface area (Å²) in [5.74, 6) is -1.78. The van der Waals surface area contributed by atoms with Crippen LogP contribution in [0.15, 0.2) is 54.4 Å². The third-order valence-corrected chi connectivity index (χ3v) is 9.48. The lowest BCUT2D eigenvalue weighted by Gasteiger charge is -2.33. The number of halogens is 2. The maximum Gasteiger partial charge on any atom is 0.252 e. The van der Waals surface area contributed by atoms with Gasteiger partial charge in [0.2, 0.25) is 5.91 Å². The lowest BCUT2D eigenvalue weighted by molar-refractivity contribution is -0.129. The van der Waals surface area contributed by atoms with Crippen LogP contribution in [0.1, 0.15) is 34.6 Å². The fourth-order valence-corrected chi connectivity index (χ4v) is 7.30. The number of aliphatic hydroxyl groups is 1. The molecule has 2 amide bonds. The van der Waals surface area contributed by atoms with Gasteiger partial charge in [-0.2, -0.15) is 5.10 Å². The highest BCUT2D eigenvalue weighted by Crippen LogP contribution is 2.48. The van der Waals surface area contributed by atoms with Gasteiger partial charge in [-0.05, 0) is 48.2 Å². The van der Waals surface area contributed by atoms with Crippen LogP contribution in [0.2, 0.25) is 0 Å². The van der Waals surface area contributed by atoms with Gasteiger partial charge in [-0.1, -0.05) is 6.58 Å². The lowest BCUT2D eigenvalue weighted by Crippen LogP contribution is -2.40. The molecule has 2 N–H and O–H groups in total. The van der Waals surface area contributed by atoms with Gasteiger partial charge in [-0.3, -0.25) is 14.3 Å². The van der Waals surface area contributed by atoms with Crippen LogP contribution >= 0.6 is 11.3 Å². The van der Waals surface area contributed by atoms with Crippen LogP contribution in [0.3, 0.4) is 0 Å². The van der Waals surface area contributed by atoms with E-state index in [9.17, 15) is 19.1 Å². The predicted octanol–water partition coefficient (Wildman–Crippen LogP) is 5.48. The Morgan fingerprint density at radius 1 is 1.15 bits per heavy atom. The van der Waals surface area contributed by atoms with Crippen LogP contribution in [0.25, 0.3) is 43.9 Å². The molecule has 0 aliphatic carbocycles. The molecule has 0 saturated heterocycles. The molecule has 0 bridgehead atoms. The fourth-order valence-electron chi connectivity index (χ4n) is 6.35. The van der Waals surface area contributed by atoms with Crippen molar-refractivity contribution in [1.82, 2.24) is 25.0 Å². The van der Waals surface area contributed by atoms with E-state index >= 15 is 4.39 Å². The molecule has 13 heteroatoms. The van der Waals surface area contributed by atoms with Crippen molar-refractivity contribution in [2.75, 3.05) is 26.9 Å². The molecule has 5 aromatic rings. The largest absolute Gasteiger partial charge is 0.496 e. The van der Waals surface area contributed by atoms with Gasteiger partial charge in [-0.25, -0.2) is 13.8 Å². The first-order valence-corrected chi connectivity index (χ1v) is 15.8. The second-order valence-corrected chi connectivity index (χ2v) is 12.1. The maximum atomic E-state index is 16.0. The molecule has 1 atom stereocenters. The third-order valence-electron chi connectivity index (χ3n) is 8.55. The molecule has 2 aliphatic heterocycles. The van der Waals surface area contributed by atoms with E-state index in [1.54, 1.807) is 15.6 Å². The van der Waals surface area contributed by atoms with Gasteiger partial charge in [0.1, 0.15) is 41.1 Å². The number of pyridine rings is 1. The first-order chi connectivity index (χ1) is 22.7. The van der Waals surface area contributed by atoms with E-state index in [4.69, 9.17) is 19.6 Å². The first kappa shape index (κ1) is 30.5. The highest BCUT2D eigenvalue weighted by atomic mass is 32.1. The van der Waals surface area contributed by atoms with E-state index < -0.39 is 11.6 Å². The highest BCUT2D eigenvalue weighted by Gasteiger charge is 2.32. The molecule has 2 aliphatic rings. The molecule has 2 aromatic carbocycles. The number of hydrogen-bond donors (Lipinski definition) is 2. The third kappa shape index (κ3) is 5.02. The van der Waals surface area contributed by atoms with E-state index in [-0.39, 0.29) is 42.4 Å². The molecular formula is C34H29F2N5O5S. The van der Waals surface area contributed by atoms with Gasteiger partial charge >= 0.3 is 0 Å². The number of fused-ring (bicyclic) bond motifs is 3. The summed E-state index contributed by atoms with van der Waals surface area (Å²) >= 11 is 1.34. The number of methoxy groups -OCH3 is 1. The monoisotopic (exact) mass is 657 g/mol. The van der Waals surface area contributed by atoms with Gasteiger partial charge in [0.05, 0.1) is 43.3 Å². The summed E-state index contributed by atoms with van der Waals surface area (Å²) in [5.41, 5.74) is 4.18. The number of nitrogens with one attached hydrogen (secondary N) is 1. The summed E-state index contributed by atoms with van der Waals surface area (Å²) in [5, 5.41) is 19.7. The van der Waals surface area contributed by atoms with Gasteiger partial charge < -0.3 is 24.8 Å². The van der Waals surface area contributed by atoms with Crippen LogP contribution in [-0.2, 0) is 17.9 Å². The van der Waals surface area contributed by atoms with Crippen molar-refractivity contribution >= 4 is 33.2 Å². The minimum atomic E-state index is -0.872. The van der Waals surface area contributed by atoms with Gasteiger partial charge in [0, 0.05) is 52.0 Å². The summed E-state index contributed by atoms with van der Waals surface area (Å²) in [6.07, 6.45) is 1.28. The standard InChI is InChI=1S/C34H29F2N5O5S/c1-4-28(43)40-6-7-41-25(17(40)2)15-24(39-41)32-30(29-23(36)12-19(35)13-27(29)46-9-8-42)33-20(5-10-47-33)31(38-32)22-11-18-16-37-34(44)21(18)14-26(22)45-3/h4-5,10-15,17,42H,1,6-9,16H2,2-3H3,(H,37,44). The van der Waals surface area contributed by atoms with Gasteiger partial charge in [0.25, 0.3) is 5.91 Å². The van der Waals surface area contributed by atoms with Gasteiger partial charge in [0.15, 0.2) is 0 Å². The minimum Gasteiger partial charge on any atom is -0.496 e. The number of carbonyl (C=O) groups is 2. The summed E-state index contributed by atoms with van der Waals surface area (Å²) in [6.45, 7) is 6.15. The minimum absolute atomic E-state index is 0.0282. The Morgan fingerprint density at radius 3 is 2.74 bits per heavy atom. The number of amides is 2. The quantitative estimate of drug-likeness (QED) is 0.212. The summed E-state index contributed by atoms with van der Waals surface area (Å²) in [6, 6.07) is 8.76. The molecule has 10 nitrogen and oxygen atoms in total. The molecule has 1 unspecified atom stereocenters. The number of ether oxygens (including phenoxy) is 2. The summed E-state index contributed by atoms with van der Waals surface area (Å²) in [7, 11) is 1.51. The first-order valence-electron chi connectivity index (χ1n) is 14.9. The van der Waals surface area contributed by atoms with E-state index in [0.717, 1.165) is 23.4 Å². The van der Waals surface area contributed by atoms with Crippen molar-refractivity contribution in [3.05, 3.63) is 82.9 Å². The Balaban J connectivity index is 1.53. The molecule has 3 aromatic heterocycles. The van der Waals surface area contributed by atoms with E-state index in [1.165, 1.54) is 24.5 Å². The van der Waals surface area contributed by atoms with Gasteiger partial charge in [-0.15, -0.1) is 11.3 Å². The second kappa shape index (κ2) is 11.9. The number of thiophene rings is 1. The Labute approximate surface area is 271 Å². The molecule has 0 fully saturated rings.